The molecule has 0 N–H and O–H groups in total. The zero-order valence-corrected chi connectivity index (χ0v) is 16.7. The second-order valence-corrected chi connectivity index (χ2v) is 8.47. The van der Waals surface area contributed by atoms with Crippen molar-refractivity contribution in [1.82, 2.24) is 0 Å². The van der Waals surface area contributed by atoms with Gasteiger partial charge in [-0.15, -0.1) is 0 Å². The van der Waals surface area contributed by atoms with Gasteiger partial charge in [0, 0.05) is 31.9 Å². The third kappa shape index (κ3) is 4.40. The highest BCUT2D eigenvalue weighted by Gasteiger charge is 2.25. The van der Waals surface area contributed by atoms with Gasteiger partial charge in [0.15, 0.2) is 0 Å². The Bertz CT molecular complexity index is 729. The largest absolute Gasteiger partial charge is 0.487 e. The summed E-state index contributed by atoms with van der Waals surface area (Å²) in [6.07, 6.45) is 3.93. The lowest BCUT2D eigenvalue weighted by Crippen LogP contribution is -2.39. The minimum atomic E-state index is 0.621. The van der Waals surface area contributed by atoms with Crippen molar-refractivity contribution in [3.8, 4) is 5.75 Å². The normalized spacial score (nSPS) is 22.9. The minimum absolute atomic E-state index is 0.621. The summed E-state index contributed by atoms with van der Waals surface area (Å²) in [7, 11) is 0. The predicted octanol–water partition coefficient (Wildman–Crippen LogP) is 5.35. The zero-order valence-electron chi connectivity index (χ0n) is 16.7. The Morgan fingerprint density at radius 3 is 2.30 bits per heavy atom. The Labute approximate surface area is 163 Å². The number of anilines is 2. The van der Waals surface area contributed by atoms with Crippen LogP contribution >= 0.6 is 0 Å². The fraction of sp³-hybridized carbons (Fsp3) is 0.500. The van der Waals surface area contributed by atoms with Gasteiger partial charge in [-0.1, -0.05) is 44.2 Å². The van der Waals surface area contributed by atoms with Crippen LogP contribution in [0, 0.1) is 11.8 Å². The number of rotatable bonds is 5. The summed E-state index contributed by atoms with van der Waals surface area (Å²) in [6, 6.07) is 17.3. The SMILES string of the molecule is CC1CC(C)CN(c2cc(N3CCCC3)ccc2OCc2ccccc2)C1. The summed E-state index contributed by atoms with van der Waals surface area (Å²) in [5.74, 6) is 2.47. The average Bonchev–Trinajstić information content (AvgIpc) is 3.21. The summed E-state index contributed by atoms with van der Waals surface area (Å²) < 4.78 is 6.30. The van der Waals surface area contributed by atoms with E-state index in [1.54, 1.807) is 0 Å². The molecule has 3 heteroatoms. The van der Waals surface area contributed by atoms with E-state index >= 15 is 0 Å². The Balaban J connectivity index is 1.60. The van der Waals surface area contributed by atoms with Crippen molar-refractivity contribution in [2.24, 2.45) is 11.8 Å². The van der Waals surface area contributed by atoms with E-state index in [1.807, 2.05) is 0 Å². The molecule has 4 rings (SSSR count). The maximum Gasteiger partial charge on any atom is 0.143 e. The Morgan fingerprint density at radius 2 is 1.59 bits per heavy atom. The van der Waals surface area contributed by atoms with Gasteiger partial charge >= 0.3 is 0 Å². The van der Waals surface area contributed by atoms with Crippen molar-refractivity contribution in [2.45, 2.75) is 39.7 Å². The Hall–Kier alpha value is -2.16. The number of piperidine rings is 1. The van der Waals surface area contributed by atoms with E-state index < -0.39 is 0 Å². The van der Waals surface area contributed by atoms with Crippen molar-refractivity contribution in [3.05, 3.63) is 54.1 Å². The van der Waals surface area contributed by atoms with Crippen molar-refractivity contribution < 1.29 is 4.74 Å². The molecule has 2 aromatic rings. The molecule has 2 unspecified atom stereocenters. The number of ether oxygens (including phenoxy) is 1. The topological polar surface area (TPSA) is 15.7 Å². The maximum atomic E-state index is 6.30. The molecule has 0 radical (unpaired) electrons. The van der Waals surface area contributed by atoms with Crippen molar-refractivity contribution in [2.75, 3.05) is 36.0 Å². The van der Waals surface area contributed by atoms with Gasteiger partial charge in [-0.05, 0) is 54.9 Å². The van der Waals surface area contributed by atoms with Gasteiger partial charge < -0.3 is 14.5 Å². The van der Waals surface area contributed by atoms with E-state index in [2.05, 4.69) is 72.2 Å². The predicted molar refractivity (Wildman–Crippen MR) is 114 cm³/mol. The quantitative estimate of drug-likeness (QED) is 0.711. The first-order valence-corrected chi connectivity index (χ1v) is 10.5. The molecule has 3 nitrogen and oxygen atoms in total. The van der Waals surface area contributed by atoms with Gasteiger partial charge in [0.1, 0.15) is 12.4 Å². The molecule has 0 amide bonds. The first-order valence-electron chi connectivity index (χ1n) is 10.5. The Kier molecular flexibility index (Phi) is 5.56. The van der Waals surface area contributed by atoms with Crippen LogP contribution in [0.15, 0.2) is 48.5 Å². The van der Waals surface area contributed by atoms with E-state index in [9.17, 15) is 0 Å². The van der Waals surface area contributed by atoms with E-state index in [1.165, 1.54) is 49.3 Å². The minimum Gasteiger partial charge on any atom is -0.487 e. The molecule has 0 aromatic heterocycles. The van der Waals surface area contributed by atoms with Gasteiger partial charge in [-0.2, -0.15) is 0 Å². The van der Waals surface area contributed by atoms with Gasteiger partial charge in [-0.25, -0.2) is 0 Å². The second kappa shape index (κ2) is 8.24. The number of nitrogens with zero attached hydrogens (tertiary/aromatic N) is 2. The molecule has 2 saturated heterocycles. The Morgan fingerprint density at radius 1 is 0.889 bits per heavy atom. The van der Waals surface area contributed by atoms with Crippen LogP contribution in [-0.4, -0.2) is 26.2 Å². The monoisotopic (exact) mass is 364 g/mol. The van der Waals surface area contributed by atoms with Crippen molar-refractivity contribution in [1.29, 1.82) is 0 Å². The lowest BCUT2D eigenvalue weighted by Gasteiger charge is -2.37. The van der Waals surface area contributed by atoms with Crippen LogP contribution in [0.25, 0.3) is 0 Å². The highest BCUT2D eigenvalue weighted by molar-refractivity contribution is 5.67. The average molecular weight is 365 g/mol. The van der Waals surface area contributed by atoms with Crippen LogP contribution < -0.4 is 14.5 Å². The molecule has 2 heterocycles. The highest BCUT2D eigenvalue weighted by atomic mass is 16.5. The van der Waals surface area contributed by atoms with Gasteiger partial charge in [0.25, 0.3) is 0 Å². The van der Waals surface area contributed by atoms with Crippen LogP contribution in [0.5, 0.6) is 5.75 Å². The molecule has 0 bridgehead atoms. The van der Waals surface area contributed by atoms with Gasteiger partial charge in [-0.3, -0.25) is 0 Å². The molecule has 2 aromatic carbocycles. The van der Waals surface area contributed by atoms with Crippen molar-refractivity contribution in [3.63, 3.8) is 0 Å². The van der Waals surface area contributed by atoms with Gasteiger partial charge in [0.2, 0.25) is 0 Å². The molecule has 2 atom stereocenters. The second-order valence-electron chi connectivity index (χ2n) is 8.47. The zero-order chi connectivity index (χ0) is 18.6. The number of hydrogen-bond acceptors (Lipinski definition) is 3. The summed E-state index contributed by atoms with van der Waals surface area (Å²) in [5.41, 5.74) is 3.83. The first-order chi connectivity index (χ1) is 13.2. The van der Waals surface area contributed by atoms with Crippen LogP contribution in [-0.2, 0) is 6.61 Å². The van der Waals surface area contributed by atoms with Crippen molar-refractivity contribution >= 4 is 11.4 Å². The van der Waals surface area contributed by atoms with E-state index in [-0.39, 0.29) is 0 Å². The number of hydrogen-bond donors (Lipinski definition) is 0. The van der Waals surface area contributed by atoms with E-state index in [0.29, 0.717) is 6.61 Å². The highest BCUT2D eigenvalue weighted by Crippen LogP contribution is 2.37. The molecular weight excluding hydrogens is 332 g/mol. The molecule has 144 valence electrons. The molecule has 0 aliphatic carbocycles. The third-order valence-corrected chi connectivity index (χ3v) is 5.86. The molecular formula is C24H32N2O. The molecule has 2 fully saturated rings. The van der Waals surface area contributed by atoms with E-state index in [4.69, 9.17) is 4.74 Å². The van der Waals surface area contributed by atoms with Crippen LogP contribution in [0.4, 0.5) is 11.4 Å². The molecule has 0 saturated carbocycles. The molecule has 27 heavy (non-hydrogen) atoms. The summed E-state index contributed by atoms with van der Waals surface area (Å²) >= 11 is 0. The fourth-order valence-corrected chi connectivity index (χ4v) is 4.64. The van der Waals surface area contributed by atoms with Crippen LogP contribution in [0.2, 0.25) is 0 Å². The first kappa shape index (κ1) is 18.2. The summed E-state index contributed by atoms with van der Waals surface area (Å²) in [4.78, 5) is 5.07. The standard InChI is InChI=1S/C24H32N2O/c1-19-14-20(2)17-26(16-19)23-15-22(25-12-6-7-13-25)10-11-24(23)27-18-21-8-4-3-5-9-21/h3-5,8-11,15,19-20H,6-7,12-14,16-18H2,1-2H3. The fourth-order valence-electron chi connectivity index (χ4n) is 4.64. The van der Waals surface area contributed by atoms with E-state index in [0.717, 1.165) is 30.7 Å². The number of benzene rings is 2. The smallest absolute Gasteiger partial charge is 0.143 e. The lowest BCUT2D eigenvalue weighted by molar-refractivity contribution is 0.302. The maximum absolute atomic E-state index is 6.30. The van der Waals surface area contributed by atoms with Crippen LogP contribution in [0.1, 0.15) is 38.7 Å². The molecule has 0 spiro atoms. The summed E-state index contributed by atoms with van der Waals surface area (Å²) in [5, 5.41) is 0. The molecule has 2 aliphatic heterocycles. The third-order valence-electron chi connectivity index (χ3n) is 5.86. The molecule has 2 aliphatic rings. The van der Waals surface area contributed by atoms with Crippen LogP contribution in [0.3, 0.4) is 0 Å². The van der Waals surface area contributed by atoms with Gasteiger partial charge in [0.05, 0.1) is 5.69 Å². The summed E-state index contributed by atoms with van der Waals surface area (Å²) in [6.45, 7) is 9.96. The lowest BCUT2D eigenvalue weighted by atomic mass is 9.91.